The van der Waals surface area contributed by atoms with E-state index in [1.165, 1.54) is 6.08 Å². The lowest BCUT2D eigenvalue weighted by Crippen LogP contribution is -2.48. The van der Waals surface area contributed by atoms with Gasteiger partial charge in [0.25, 0.3) is 5.92 Å². The Hall–Kier alpha value is -0.970. The van der Waals surface area contributed by atoms with Crippen LogP contribution in [-0.4, -0.2) is 23.4 Å². The Morgan fingerprint density at radius 1 is 1.71 bits per heavy atom. The second-order valence-electron chi connectivity index (χ2n) is 3.47. The highest BCUT2D eigenvalue weighted by molar-refractivity contribution is 5.78. The summed E-state index contributed by atoms with van der Waals surface area (Å²) in [4.78, 5) is 11.5. The third-order valence-electron chi connectivity index (χ3n) is 2.29. The van der Waals surface area contributed by atoms with Gasteiger partial charge in [-0.1, -0.05) is 13.0 Å². The molecular formula is C9H14F2N2O. The van der Waals surface area contributed by atoms with Crippen LogP contribution in [0.4, 0.5) is 8.78 Å². The quantitative estimate of drug-likeness (QED) is 0.397. The molecule has 0 aromatic heterocycles. The Bertz CT molecular complexity index is 253. The molecule has 14 heavy (non-hydrogen) atoms. The zero-order valence-corrected chi connectivity index (χ0v) is 8.04. The molecular weight excluding hydrogens is 190 g/mol. The van der Waals surface area contributed by atoms with Crippen molar-refractivity contribution in [3.63, 3.8) is 0 Å². The van der Waals surface area contributed by atoms with E-state index in [9.17, 15) is 13.6 Å². The van der Waals surface area contributed by atoms with Crippen LogP contribution in [0.15, 0.2) is 12.2 Å². The summed E-state index contributed by atoms with van der Waals surface area (Å²) >= 11 is 0. The number of hydrazine groups is 1. The molecule has 0 aromatic rings. The van der Waals surface area contributed by atoms with E-state index in [2.05, 4.69) is 0 Å². The van der Waals surface area contributed by atoms with Crippen LogP contribution in [0, 0.1) is 5.92 Å². The molecule has 0 aromatic carbocycles. The van der Waals surface area contributed by atoms with Crippen LogP contribution in [0.2, 0.25) is 0 Å². The average Bonchev–Trinajstić information content (AvgIpc) is 2.09. The highest BCUT2D eigenvalue weighted by Gasteiger charge is 2.33. The van der Waals surface area contributed by atoms with Crippen molar-refractivity contribution in [2.75, 3.05) is 6.54 Å². The average molecular weight is 204 g/mol. The third kappa shape index (κ3) is 2.51. The molecule has 1 aliphatic rings. The normalized spacial score (nSPS) is 29.6. The Labute approximate surface area is 81.5 Å². The molecule has 3 nitrogen and oxygen atoms in total. The zero-order valence-electron chi connectivity index (χ0n) is 8.04. The van der Waals surface area contributed by atoms with Crippen LogP contribution in [0.5, 0.6) is 0 Å². The van der Waals surface area contributed by atoms with Gasteiger partial charge in [0.05, 0.1) is 0 Å². The minimum absolute atomic E-state index is 0.271. The van der Waals surface area contributed by atoms with Gasteiger partial charge < -0.3 is 0 Å². The molecule has 0 aliphatic carbocycles. The minimum atomic E-state index is -3.01. The standard InChI is InChI=1S/C9H14F2N2O/c1-2-7-4-3-5-9(10,11)6-13(12)8(7)14/h3,5,7H,2,4,6,12H2,1H3/b5-3-. The first kappa shape index (κ1) is 11.1. The number of allylic oxidation sites excluding steroid dienone is 1. The van der Waals surface area contributed by atoms with E-state index < -0.39 is 18.4 Å². The van der Waals surface area contributed by atoms with Gasteiger partial charge in [-0.2, -0.15) is 8.78 Å². The lowest BCUT2D eigenvalue weighted by molar-refractivity contribution is -0.140. The molecule has 1 atom stereocenters. The van der Waals surface area contributed by atoms with Gasteiger partial charge in [0.15, 0.2) is 0 Å². The first-order valence-electron chi connectivity index (χ1n) is 4.58. The van der Waals surface area contributed by atoms with Crippen LogP contribution < -0.4 is 5.84 Å². The lowest BCUT2D eigenvalue weighted by Gasteiger charge is -2.26. The molecule has 1 aliphatic heterocycles. The molecule has 1 rings (SSSR count). The summed E-state index contributed by atoms with van der Waals surface area (Å²) in [6.45, 7) is 1.10. The fourth-order valence-electron chi connectivity index (χ4n) is 1.44. The molecule has 80 valence electrons. The van der Waals surface area contributed by atoms with E-state index in [1.807, 2.05) is 6.92 Å². The zero-order chi connectivity index (χ0) is 10.8. The summed E-state index contributed by atoms with van der Waals surface area (Å²) in [5.41, 5.74) is 0. The number of hydrogen-bond donors (Lipinski definition) is 1. The number of amides is 1. The molecule has 1 heterocycles. The number of carbonyl (C=O) groups excluding carboxylic acids is 1. The number of halogens is 2. The number of hydrogen-bond acceptors (Lipinski definition) is 2. The van der Waals surface area contributed by atoms with Crippen LogP contribution in [0.3, 0.4) is 0 Å². The largest absolute Gasteiger partial charge is 0.285 e. The van der Waals surface area contributed by atoms with Crippen molar-refractivity contribution in [3.05, 3.63) is 12.2 Å². The van der Waals surface area contributed by atoms with E-state index >= 15 is 0 Å². The summed E-state index contributed by atoms with van der Waals surface area (Å²) in [5.74, 6) is 1.57. The van der Waals surface area contributed by atoms with E-state index in [0.29, 0.717) is 17.9 Å². The first-order valence-corrected chi connectivity index (χ1v) is 4.58. The van der Waals surface area contributed by atoms with Gasteiger partial charge in [-0.3, -0.25) is 9.80 Å². The summed E-state index contributed by atoms with van der Waals surface area (Å²) < 4.78 is 25.9. The Kier molecular flexibility index (Phi) is 3.21. The monoisotopic (exact) mass is 204 g/mol. The molecule has 0 spiro atoms. The van der Waals surface area contributed by atoms with Crippen molar-refractivity contribution in [2.45, 2.75) is 25.7 Å². The Morgan fingerprint density at radius 3 is 2.93 bits per heavy atom. The molecule has 2 N–H and O–H groups in total. The fourth-order valence-corrected chi connectivity index (χ4v) is 1.44. The Balaban J connectivity index is 2.83. The van der Waals surface area contributed by atoms with Crippen LogP contribution in [-0.2, 0) is 4.79 Å². The van der Waals surface area contributed by atoms with Crippen molar-refractivity contribution in [1.29, 1.82) is 0 Å². The van der Waals surface area contributed by atoms with Crippen molar-refractivity contribution in [2.24, 2.45) is 11.8 Å². The first-order chi connectivity index (χ1) is 6.46. The molecule has 1 unspecified atom stereocenters. The van der Waals surface area contributed by atoms with E-state index in [4.69, 9.17) is 5.84 Å². The number of carbonyl (C=O) groups is 1. The molecule has 0 saturated carbocycles. The van der Waals surface area contributed by atoms with E-state index in [-0.39, 0.29) is 5.92 Å². The molecule has 0 fully saturated rings. The van der Waals surface area contributed by atoms with Crippen molar-refractivity contribution in [3.8, 4) is 0 Å². The molecule has 5 heteroatoms. The summed E-state index contributed by atoms with van der Waals surface area (Å²) in [7, 11) is 0. The number of alkyl halides is 2. The Morgan fingerprint density at radius 2 is 2.36 bits per heavy atom. The topological polar surface area (TPSA) is 46.3 Å². The summed E-state index contributed by atoms with van der Waals surface area (Å²) in [5, 5.41) is 0.623. The van der Waals surface area contributed by atoms with Gasteiger partial charge in [0.2, 0.25) is 5.91 Å². The second-order valence-corrected chi connectivity index (χ2v) is 3.47. The van der Waals surface area contributed by atoms with Crippen molar-refractivity contribution >= 4 is 5.91 Å². The molecule has 0 radical (unpaired) electrons. The maximum atomic E-state index is 12.9. The predicted octanol–water partition coefficient (Wildman–Crippen LogP) is 1.31. The van der Waals surface area contributed by atoms with E-state index in [0.717, 1.165) is 6.08 Å². The SMILES string of the molecule is CCC1C/C=C\C(F)(F)CN(N)C1=O. The maximum Gasteiger partial charge on any atom is 0.285 e. The van der Waals surface area contributed by atoms with Gasteiger partial charge in [0.1, 0.15) is 6.54 Å². The minimum Gasteiger partial charge on any atom is -0.274 e. The molecule has 0 bridgehead atoms. The van der Waals surface area contributed by atoms with Crippen molar-refractivity contribution < 1.29 is 13.6 Å². The smallest absolute Gasteiger partial charge is 0.274 e. The van der Waals surface area contributed by atoms with Gasteiger partial charge in [-0.15, -0.1) is 0 Å². The lowest BCUT2D eigenvalue weighted by atomic mass is 9.99. The van der Waals surface area contributed by atoms with E-state index in [1.54, 1.807) is 0 Å². The number of rotatable bonds is 1. The van der Waals surface area contributed by atoms with Gasteiger partial charge in [-0.05, 0) is 18.9 Å². The molecule has 0 saturated heterocycles. The highest BCUT2D eigenvalue weighted by atomic mass is 19.3. The fraction of sp³-hybridized carbons (Fsp3) is 0.667. The van der Waals surface area contributed by atoms with Gasteiger partial charge in [-0.25, -0.2) is 5.84 Å². The maximum absolute atomic E-state index is 12.9. The van der Waals surface area contributed by atoms with Gasteiger partial charge >= 0.3 is 0 Å². The van der Waals surface area contributed by atoms with Crippen LogP contribution in [0.25, 0.3) is 0 Å². The molecule has 1 amide bonds. The highest BCUT2D eigenvalue weighted by Crippen LogP contribution is 2.22. The van der Waals surface area contributed by atoms with Crippen LogP contribution in [0.1, 0.15) is 19.8 Å². The summed E-state index contributed by atoms with van der Waals surface area (Å²) in [6, 6.07) is 0. The van der Waals surface area contributed by atoms with Gasteiger partial charge in [0, 0.05) is 5.92 Å². The number of nitrogens with two attached hydrogens (primary N) is 1. The second kappa shape index (κ2) is 4.04. The van der Waals surface area contributed by atoms with Crippen molar-refractivity contribution in [1.82, 2.24) is 5.01 Å². The van der Waals surface area contributed by atoms with Crippen LogP contribution >= 0.6 is 0 Å². The number of nitrogens with zero attached hydrogens (tertiary/aromatic N) is 1. The summed E-state index contributed by atoms with van der Waals surface area (Å²) in [6.07, 6.45) is 3.13. The third-order valence-corrected chi connectivity index (χ3v) is 2.29. The predicted molar refractivity (Wildman–Crippen MR) is 48.4 cm³/mol.